The summed E-state index contributed by atoms with van der Waals surface area (Å²) in [4.78, 5) is 0. The van der Waals surface area contributed by atoms with Crippen LogP contribution in [0, 0.1) is 6.92 Å². The zero-order valence-corrected chi connectivity index (χ0v) is 13.3. The second-order valence-corrected chi connectivity index (χ2v) is 5.97. The van der Waals surface area contributed by atoms with Gasteiger partial charge in [0.15, 0.2) is 0 Å². The van der Waals surface area contributed by atoms with E-state index in [9.17, 15) is 0 Å². The van der Waals surface area contributed by atoms with E-state index >= 15 is 0 Å². The van der Waals surface area contributed by atoms with Gasteiger partial charge in [-0.3, -0.25) is 0 Å². The van der Waals surface area contributed by atoms with Gasteiger partial charge in [-0.05, 0) is 49.9 Å². The van der Waals surface area contributed by atoms with Gasteiger partial charge in [0.2, 0.25) is 0 Å². The molecule has 1 nitrogen and oxygen atoms in total. The molecule has 0 aliphatic carbocycles. The van der Waals surface area contributed by atoms with Crippen LogP contribution in [0.15, 0.2) is 42.5 Å². The maximum atomic E-state index is 6.24. The summed E-state index contributed by atoms with van der Waals surface area (Å²) in [6.45, 7) is 4.11. The fourth-order valence-electron chi connectivity index (χ4n) is 2.12. The van der Waals surface area contributed by atoms with Gasteiger partial charge in [0, 0.05) is 11.1 Å². The van der Waals surface area contributed by atoms with Crippen LogP contribution in [0.3, 0.4) is 0 Å². The molecule has 1 atom stereocenters. The molecule has 1 N–H and O–H groups in total. The van der Waals surface area contributed by atoms with E-state index in [2.05, 4.69) is 36.5 Å². The minimum Gasteiger partial charge on any atom is -0.381 e. The molecule has 2 aromatic carbocycles. The molecular formula is C17H19Cl2N. The molecule has 106 valence electrons. The van der Waals surface area contributed by atoms with Gasteiger partial charge in [0.25, 0.3) is 0 Å². The second-order valence-electron chi connectivity index (χ2n) is 5.15. The van der Waals surface area contributed by atoms with E-state index in [0.717, 1.165) is 34.1 Å². The number of aryl methyl sites for hydroxylation is 2. The Morgan fingerprint density at radius 3 is 2.45 bits per heavy atom. The zero-order chi connectivity index (χ0) is 14.5. The Balaban J connectivity index is 1.95. The lowest BCUT2D eigenvalue weighted by molar-refractivity contribution is 0.706. The van der Waals surface area contributed by atoms with Crippen molar-refractivity contribution in [2.45, 2.75) is 32.7 Å². The number of halogens is 2. The van der Waals surface area contributed by atoms with Gasteiger partial charge >= 0.3 is 0 Å². The quantitative estimate of drug-likeness (QED) is 0.743. The summed E-state index contributed by atoms with van der Waals surface area (Å²) < 4.78 is 0. The number of anilines is 1. The first-order valence-corrected chi connectivity index (χ1v) is 7.58. The van der Waals surface area contributed by atoms with E-state index in [4.69, 9.17) is 23.2 Å². The number of nitrogens with one attached hydrogen (secondary N) is 1. The lowest BCUT2D eigenvalue weighted by Crippen LogP contribution is -2.16. The summed E-state index contributed by atoms with van der Waals surface area (Å²) >= 11 is 12.4. The topological polar surface area (TPSA) is 12.0 Å². The highest BCUT2D eigenvalue weighted by Gasteiger charge is 2.08. The zero-order valence-electron chi connectivity index (χ0n) is 11.8. The van der Waals surface area contributed by atoms with Crippen LogP contribution in [0.2, 0.25) is 10.0 Å². The van der Waals surface area contributed by atoms with Crippen molar-refractivity contribution >= 4 is 28.9 Å². The standard InChI is InChI=1S/C17H19Cl2N/c1-12-10-16(19)17(11-15(12)18)20-13(2)8-9-14-6-4-3-5-7-14/h3-7,10-11,13,20H,8-9H2,1-2H3. The van der Waals surface area contributed by atoms with Crippen LogP contribution in [0.25, 0.3) is 0 Å². The Kier molecular flexibility index (Phi) is 5.33. The molecule has 0 bridgehead atoms. The van der Waals surface area contributed by atoms with Gasteiger partial charge in [-0.15, -0.1) is 0 Å². The summed E-state index contributed by atoms with van der Waals surface area (Å²) in [7, 11) is 0. The van der Waals surface area contributed by atoms with Crippen LogP contribution in [-0.2, 0) is 6.42 Å². The van der Waals surface area contributed by atoms with E-state index < -0.39 is 0 Å². The molecule has 1 unspecified atom stereocenters. The molecule has 0 saturated carbocycles. The Hall–Kier alpha value is -1.18. The van der Waals surface area contributed by atoms with Crippen molar-refractivity contribution in [3.63, 3.8) is 0 Å². The van der Waals surface area contributed by atoms with E-state index in [1.807, 2.05) is 25.1 Å². The molecule has 0 aromatic heterocycles. The van der Waals surface area contributed by atoms with Gasteiger partial charge in [0.05, 0.1) is 10.7 Å². The minimum absolute atomic E-state index is 0.339. The molecular weight excluding hydrogens is 289 g/mol. The maximum absolute atomic E-state index is 6.24. The Morgan fingerprint density at radius 2 is 1.75 bits per heavy atom. The van der Waals surface area contributed by atoms with Crippen molar-refractivity contribution in [2.75, 3.05) is 5.32 Å². The van der Waals surface area contributed by atoms with Crippen molar-refractivity contribution in [1.82, 2.24) is 0 Å². The fraction of sp³-hybridized carbons (Fsp3) is 0.294. The highest BCUT2D eigenvalue weighted by molar-refractivity contribution is 6.35. The van der Waals surface area contributed by atoms with E-state index in [0.29, 0.717) is 6.04 Å². The highest BCUT2D eigenvalue weighted by Crippen LogP contribution is 2.29. The van der Waals surface area contributed by atoms with Crippen molar-refractivity contribution in [2.24, 2.45) is 0 Å². The Labute approximate surface area is 130 Å². The number of hydrogen-bond acceptors (Lipinski definition) is 1. The van der Waals surface area contributed by atoms with Crippen molar-refractivity contribution < 1.29 is 0 Å². The molecule has 0 saturated heterocycles. The summed E-state index contributed by atoms with van der Waals surface area (Å²) in [5.74, 6) is 0. The molecule has 0 amide bonds. The molecule has 0 aliphatic heterocycles. The number of benzene rings is 2. The first-order valence-electron chi connectivity index (χ1n) is 6.82. The normalized spacial score (nSPS) is 12.2. The highest BCUT2D eigenvalue weighted by atomic mass is 35.5. The number of rotatable bonds is 5. The van der Waals surface area contributed by atoms with Crippen molar-refractivity contribution in [3.8, 4) is 0 Å². The molecule has 0 aliphatic rings. The summed E-state index contributed by atoms with van der Waals surface area (Å²) in [5.41, 5.74) is 3.26. The van der Waals surface area contributed by atoms with Crippen LogP contribution in [0.4, 0.5) is 5.69 Å². The predicted molar refractivity (Wildman–Crippen MR) is 89.0 cm³/mol. The van der Waals surface area contributed by atoms with Crippen LogP contribution < -0.4 is 5.32 Å². The van der Waals surface area contributed by atoms with Gasteiger partial charge < -0.3 is 5.32 Å². The fourth-order valence-corrected chi connectivity index (χ4v) is 2.56. The first-order chi connectivity index (χ1) is 9.56. The third kappa shape index (κ3) is 4.16. The predicted octanol–water partition coefficient (Wildman–Crippen LogP) is 5.74. The molecule has 2 aromatic rings. The van der Waals surface area contributed by atoms with Crippen molar-refractivity contribution in [1.29, 1.82) is 0 Å². The van der Waals surface area contributed by atoms with Crippen molar-refractivity contribution in [3.05, 3.63) is 63.6 Å². The summed E-state index contributed by atoms with van der Waals surface area (Å²) in [6, 6.07) is 14.6. The minimum atomic E-state index is 0.339. The first kappa shape index (κ1) is 15.2. The van der Waals surface area contributed by atoms with Crippen LogP contribution in [0.5, 0.6) is 0 Å². The third-order valence-electron chi connectivity index (χ3n) is 3.36. The summed E-state index contributed by atoms with van der Waals surface area (Å²) in [6.07, 6.45) is 2.10. The molecule has 0 radical (unpaired) electrons. The third-order valence-corrected chi connectivity index (χ3v) is 4.08. The second kappa shape index (κ2) is 7.01. The maximum Gasteiger partial charge on any atom is 0.0641 e. The SMILES string of the molecule is Cc1cc(Cl)c(NC(C)CCc2ccccc2)cc1Cl. The number of hydrogen-bond donors (Lipinski definition) is 1. The van der Waals surface area contributed by atoms with Crippen LogP contribution in [0.1, 0.15) is 24.5 Å². The average molecular weight is 308 g/mol. The van der Waals surface area contributed by atoms with Gasteiger partial charge in [-0.2, -0.15) is 0 Å². The molecule has 20 heavy (non-hydrogen) atoms. The van der Waals surface area contributed by atoms with Gasteiger partial charge in [-0.1, -0.05) is 53.5 Å². The molecule has 0 fully saturated rings. The smallest absolute Gasteiger partial charge is 0.0641 e. The van der Waals surface area contributed by atoms with Gasteiger partial charge in [0.1, 0.15) is 0 Å². The summed E-state index contributed by atoms with van der Waals surface area (Å²) in [5, 5.41) is 4.90. The largest absolute Gasteiger partial charge is 0.381 e. The van der Waals surface area contributed by atoms with E-state index in [-0.39, 0.29) is 0 Å². The lowest BCUT2D eigenvalue weighted by atomic mass is 10.1. The Bertz CT molecular complexity index is 567. The molecule has 3 heteroatoms. The van der Waals surface area contributed by atoms with E-state index in [1.165, 1.54) is 5.56 Å². The molecule has 2 rings (SSSR count). The molecule has 0 heterocycles. The van der Waals surface area contributed by atoms with E-state index in [1.54, 1.807) is 0 Å². The van der Waals surface area contributed by atoms with Gasteiger partial charge in [-0.25, -0.2) is 0 Å². The average Bonchev–Trinajstić information content (AvgIpc) is 2.44. The van der Waals surface area contributed by atoms with Crippen LogP contribution in [-0.4, -0.2) is 6.04 Å². The molecule has 0 spiro atoms. The monoisotopic (exact) mass is 307 g/mol. The van der Waals surface area contributed by atoms with Crippen LogP contribution >= 0.6 is 23.2 Å². The Morgan fingerprint density at radius 1 is 1.05 bits per heavy atom. The lowest BCUT2D eigenvalue weighted by Gasteiger charge is -2.17.